The van der Waals surface area contributed by atoms with Crippen LogP contribution in [0.1, 0.15) is 43.0 Å². The van der Waals surface area contributed by atoms with E-state index >= 15 is 0 Å². The van der Waals surface area contributed by atoms with E-state index in [0.717, 1.165) is 55.0 Å². The van der Waals surface area contributed by atoms with Gasteiger partial charge in [0.2, 0.25) is 5.95 Å². The Hall–Kier alpha value is -2.77. The number of hydrogen-bond donors (Lipinski definition) is 2. The van der Waals surface area contributed by atoms with Crippen LogP contribution >= 0.6 is 0 Å². The van der Waals surface area contributed by atoms with E-state index in [0.29, 0.717) is 12.0 Å². The Morgan fingerprint density at radius 2 is 2.07 bits per heavy atom. The van der Waals surface area contributed by atoms with E-state index in [4.69, 9.17) is 10.1 Å². The lowest BCUT2D eigenvalue weighted by atomic mass is 9.99. The molecule has 1 aliphatic rings. The fourth-order valence-electron chi connectivity index (χ4n) is 3.84. The molecule has 30 heavy (non-hydrogen) atoms. The molecule has 3 aromatic rings. The minimum Gasteiger partial charge on any atom is -0.396 e. The highest BCUT2D eigenvalue weighted by atomic mass is 16.3. The number of aryl methyl sites for hydroxylation is 1. The summed E-state index contributed by atoms with van der Waals surface area (Å²) in [7, 11) is 0. The number of anilines is 2. The fraction of sp³-hybridized carbons (Fsp3) is 0.435. The summed E-state index contributed by atoms with van der Waals surface area (Å²) in [5.74, 6) is 0.591. The molecule has 0 saturated carbocycles. The zero-order valence-corrected chi connectivity index (χ0v) is 18.0. The first-order chi connectivity index (χ1) is 14.5. The van der Waals surface area contributed by atoms with Crippen LogP contribution in [0.3, 0.4) is 0 Å². The van der Waals surface area contributed by atoms with Gasteiger partial charge in [-0.2, -0.15) is 5.10 Å². The first-order valence-electron chi connectivity index (χ1n) is 10.6. The molecule has 0 bridgehead atoms. The lowest BCUT2D eigenvalue weighted by Gasteiger charge is -2.28. The Morgan fingerprint density at radius 1 is 1.20 bits per heavy atom. The van der Waals surface area contributed by atoms with Crippen LogP contribution in [-0.2, 0) is 13.0 Å². The molecule has 3 heterocycles. The summed E-state index contributed by atoms with van der Waals surface area (Å²) in [4.78, 5) is 11.6. The molecular formula is C23H30N6O. The lowest BCUT2D eigenvalue weighted by molar-refractivity contribution is 0.212. The highest BCUT2D eigenvalue weighted by Crippen LogP contribution is 2.26. The van der Waals surface area contributed by atoms with E-state index in [2.05, 4.69) is 52.3 Å². The Morgan fingerprint density at radius 3 is 2.83 bits per heavy atom. The summed E-state index contributed by atoms with van der Waals surface area (Å²) in [6, 6.07) is 6.80. The number of aliphatic hydroxyl groups excluding tert-OH is 1. The van der Waals surface area contributed by atoms with Crippen molar-refractivity contribution in [1.29, 1.82) is 0 Å². The Balaban J connectivity index is 1.51. The van der Waals surface area contributed by atoms with Crippen LogP contribution in [0.15, 0.2) is 36.8 Å². The molecule has 0 unspecified atom stereocenters. The van der Waals surface area contributed by atoms with Gasteiger partial charge in [0.05, 0.1) is 11.9 Å². The van der Waals surface area contributed by atoms with E-state index in [1.165, 1.54) is 11.1 Å². The normalized spacial score (nSPS) is 14.2. The molecule has 0 saturated heterocycles. The minimum atomic E-state index is 0.253. The molecule has 1 aliphatic heterocycles. The molecule has 2 aromatic heterocycles. The molecule has 0 fully saturated rings. The van der Waals surface area contributed by atoms with E-state index < -0.39 is 0 Å². The van der Waals surface area contributed by atoms with Crippen LogP contribution in [0.2, 0.25) is 0 Å². The Kier molecular flexibility index (Phi) is 6.11. The van der Waals surface area contributed by atoms with Gasteiger partial charge in [-0.25, -0.2) is 9.97 Å². The second-order valence-electron chi connectivity index (χ2n) is 8.24. The van der Waals surface area contributed by atoms with Crippen molar-refractivity contribution in [2.45, 2.75) is 46.2 Å². The standard InChI is InChI=1S/C23H30N6O/c1-16(2)29-15-20(13-25-29)22-17(3)12-24-23(27-22)26-21-6-5-19-14-28(8-4-10-30)9-7-18(19)11-21/h5-6,11-13,15-16,30H,4,7-10,14H2,1-3H3,(H,24,26,27). The van der Waals surface area contributed by atoms with Crippen LogP contribution in [-0.4, -0.2) is 49.5 Å². The predicted octanol–water partition coefficient (Wildman–Crippen LogP) is 3.71. The monoisotopic (exact) mass is 406 g/mol. The molecule has 0 radical (unpaired) electrons. The molecule has 0 aliphatic carbocycles. The van der Waals surface area contributed by atoms with Crippen LogP contribution in [0.25, 0.3) is 11.3 Å². The van der Waals surface area contributed by atoms with Gasteiger partial charge in [-0.1, -0.05) is 6.07 Å². The molecule has 0 amide bonds. The summed E-state index contributed by atoms with van der Waals surface area (Å²) in [6.45, 7) is 9.42. The molecule has 7 heteroatoms. The molecule has 158 valence electrons. The number of fused-ring (bicyclic) bond motifs is 1. The van der Waals surface area contributed by atoms with Gasteiger partial charge in [0, 0.05) is 55.9 Å². The maximum absolute atomic E-state index is 9.05. The molecule has 0 atom stereocenters. The van der Waals surface area contributed by atoms with Crippen molar-refractivity contribution >= 4 is 11.6 Å². The highest BCUT2D eigenvalue weighted by molar-refractivity contribution is 5.64. The van der Waals surface area contributed by atoms with Gasteiger partial charge in [-0.3, -0.25) is 9.58 Å². The number of aromatic nitrogens is 4. The summed E-state index contributed by atoms with van der Waals surface area (Å²) in [6.07, 6.45) is 7.60. The zero-order valence-electron chi connectivity index (χ0n) is 18.0. The maximum atomic E-state index is 9.05. The van der Waals surface area contributed by atoms with Crippen molar-refractivity contribution in [1.82, 2.24) is 24.6 Å². The average molecular weight is 407 g/mol. The van der Waals surface area contributed by atoms with Gasteiger partial charge < -0.3 is 10.4 Å². The van der Waals surface area contributed by atoms with Gasteiger partial charge in [0.15, 0.2) is 0 Å². The average Bonchev–Trinajstić information content (AvgIpc) is 3.24. The topological polar surface area (TPSA) is 79.1 Å². The number of rotatable bonds is 7. The molecule has 4 rings (SSSR count). The zero-order chi connectivity index (χ0) is 21.1. The first-order valence-corrected chi connectivity index (χ1v) is 10.6. The lowest BCUT2D eigenvalue weighted by Crippen LogP contribution is -2.31. The van der Waals surface area contributed by atoms with E-state index in [-0.39, 0.29) is 6.61 Å². The second kappa shape index (κ2) is 8.93. The summed E-state index contributed by atoms with van der Waals surface area (Å²) in [5, 5.41) is 16.9. The molecular weight excluding hydrogens is 376 g/mol. The van der Waals surface area contributed by atoms with Crippen LogP contribution in [0.4, 0.5) is 11.6 Å². The van der Waals surface area contributed by atoms with E-state index in [1.54, 1.807) is 0 Å². The van der Waals surface area contributed by atoms with Crippen LogP contribution < -0.4 is 5.32 Å². The van der Waals surface area contributed by atoms with Crippen LogP contribution in [0.5, 0.6) is 0 Å². The number of nitrogens with zero attached hydrogens (tertiary/aromatic N) is 5. The number of hydrogen-bond acceptors (Lipinski definition) is 6. The van der Waals surface area contributed by atoms with E-state index in [1.807, 2.05) is 30.2 Å². The molecule has 0 spiro atoms. The van der Waals surface area contributed by atoms with Crippen molar-refractivity contribution in [2.24, 2.45) is 0 Å². The van der Waals surface area contributed by atoms with Crippen molar-refractivity contribution in [3.63, 3.8) is 0 Å². The first kappa shape index (κ1) is 20.5. The van der Waals surface area contributed by atoms with Gasteiger partial charge in [0.25, 0.3) is 0 Å². The van der Waals surface area contributed by atoms with Gasteiger partial charge in [-0.15, -0.1) is 0 Å². The fourth-order valence-corrected chi connectivity index (χ4v) is 3.84. The SMILES string of the molecule is Cc1cnc(Nc2ccc3c(c2)CCN(CCCO)C3)nc1-c1cnn(C(C)C)c1. The Labute approximate surface area is 177 Å². The number of nitrogens with one attached hydrogen (secondary N) is 1. The largest absolute Gasteiger partial charge is 0.396 e. The van der Waals surface area contributed by atoms with Crippen LogP contribution in [0, 0.1) is 6.92 Å². The summed E-state index contributed by atoms with van der Waals surface area (Å²) >= 11 is 0. The van der Waals surface area contributed by atoms with Crippen molar-refractivity contribution in [3.05, 3.63) is 53.5 Å². The number of benzene rings is 1. The van der Waals surface area contributed by atoms with Crippen molar-refractivity contribution < 1.29 is 5.11 Å². The van der Waals surface area contributed by atoms with Crippen molar-refractivity contribution in [3.8, 4) is 11.3 Å². The quantitative estimate of drug-likeness (QED) is 0.623. The smallest absolute Gasteiger partial charge is 0.227 e. The van der Waals surface area contributed by atoms with Gasteiger partial charge in [-0.05, 0) is 62.4 Å². The second-order valence-corrected chi connectivity index (χ2v) is 8.24. The predicted molar refractivity (Wildman–Crippen MR) is 119 cm³/mol. The third kappa shape index (κ3) is 4.52. The third-order valence-corrected chi connectivity index (χ3v) is 5.56. The summed E-state index contributed by atoms with van der Waals surface area (Å²) in [5.41, 5.74) is 6.65. The highest BCUT2D eigenvalue weighted by Gasteiger charge is 2.16. The molecule has 1 aromatic carbocycles. The van der Waals surface area contributed by atoms with E-state index in [9.17, 15) is 0 Å². The Bertz CT molecular complexity index is 1010. The molecule has 7 nitrogen and oxygen atoms in total. The van der Waals surface area contributed by atoms with Gasteiger partial charge in [0.1, 0.15) is 0 Å². The molecule has 2 N–H and O–H groups in total. The minimum absolute atomic E-state index is 0.253. The van der Waals surface area contributed by atoms with Crippen molar-refractivity contribution in [2.75, 3.05) is 25.0 Å². The summed E-state index contributed by atoms with van der Waals surface area (Å²) < 4.78 is 1.94. The maximum Gasteiger partial charge on any atom is 0.227 e. The third-order valence-electron chi connectivity index (χ3n) is 5.56. The number of aliphatic hydroxyl groups is 1. The van der Waals surface area contributed by atoms with Gasteiger partial charge >= 0.3 is 0 Å².